The highest BCUT2D eigenvalue weighted by molar-refractivity contribution is 9.10. The molecule has 0 heterocycles. The van der Waals surface area contributed by atoms with Crippen LogP contribution in [-0.4, -0.2) is 12.6 Å². The van der Waals surface area contributed by atoms with Crippen LogP contribution in [0.5, 0.6) is 0 Å². The van der Waals surface area contributed by atoms with Gasteiger partial charge in [0.1, 0.15) is 0 Å². The lowest BCUT2D eigenvalue weighted by molar-refractivity contribution is 0.436. The molecule has 1 nitrogen and oxygen atoms in total. The third kappa shape index (κ3) is 4.44. The minimum Gasteiger partial charge on any atom is -0.314 e. The van der Waals surface area contributed by atoms with E-state index in [0.717, 1.165) is 12.0 Å². The molecule has 0 bridgehead atoms. The first-order valence-corrected chi connectivity index (χ1v) is 7.56. The Morgan fingerprint density at radius 3 is 2.59 bits per heavy atom. The second-order valence-corrected chi connectivity index (χ2v) is 5.98. The number of nitrogens with one attached hydrogen (secondary N) is 1. The van der Waals surface area contributed by atoms with Gasteiger partial charge >= 0.3 is 0 Å². The van der Waals surface area contributed by atoms with E-state index >= 15 is 0 Å². The topological polar surface area (TPSA) is 12.0 Å². The van der Waals surface area contributed by atoms with Gasteiger partial charge in [-0.3, -0.25) is 0 Å². The predicted molar refractivity (Wildman–Crippen MR) is 77.3 cm³/mol. The maximum Gasteiger partial charge on any atom is 0.0175 e. The number of hydrogen-bond acceptors (Lipinski definition) is 1. The third-order valence-electron chi connectivity index (χ3n) is 3.50. The average molecular weight is 296 g/mol. The number of benzene rings is 1. The fourth-order valence-electron chi connectivity index (χ4n) is 2.31. The van der Waals surface area contributed by atoms with Crippen molar-refractivity contribution < 1.29 is 0 Å². The van der Waals surface area contributed by atoms with Crippen LogP contribution in [0.15, 0.2) is 28.7 Å². The third-order valence-corrected chi connectivity index (χ3v) is 4.03. The van der Waals surface area contributed by atoms with Gasteiger partial charge in [0, 0.05) is 10.5 Å². The molecule has 0 aliphatic heterocycles. The van der Waals surface area contributed by atoms with Gasteiger partial charge in [0.15, 0.2) is 0 Å². The van der Waals surface area contributed by atoms with Gasteiger partial charge in [-0.15, -0.1) is 0 Å². The highest BCUT2D eigenvalue weighted by Gasteiger charge is 2.30. The Kier molecular flexibility index (Phi) is 5.05. The molecule has 0 radical (unpaired) electrons. The van der Waals surface area contributed by atoms with Gasteiger partial charge in [0.05, 0.1) is 0 Å². The number of aryl methyl sites for hydroxylation is 1. The molecule has 94 valence electrons. The Morgan fingerprint density at radius 1 is 1.29 bits per heavy atom. The normalized spacial score (nSPS) is 17.1. The minimum absolute atomic E-state index is 0.749. The smallest absolute Gasteiger partial charge is 0.0175 e. The Morgan fingerprint density at radius 2 is 2.00 bits per heavy atom. The van der Waals surface area contributed by atoms with E-state index in [2.05, 4.69) is 52.4 Å². The van der Waals surface area contributed by atoms with Crippen molar-refractivity contribution in [1.82, 2.24) is 5.32 Å². The van der Waals surface area contributed by atoms with Crippen LogP contribution in [0.3, 0.4) is 0 Å². The van der Waals surface area contributed by atoms with Crippen LogP contribution in [0.1, 0.15) is 38.2 Å². The monoisotopic (exact) mass is 295 g/mol. The Labute approximate surface area is 113 Å². The van der Waals surface area contributed by atoms with Crippen molar-refractivity contribution in [2.45, 2.75) is 45.1 Å². The van der Waals surface area contributed by atoms with Crippen molar-refractivity contribution in [1.29, 1.82) is 0 Å². The summed E-state index contributed by atoms with van der Waals surface area (Å²) in [7, 11) is 0. The maximum absolute atomic E-state index is 3.70. The van der Waals surface area contributed by atoms with Crippen LogP contribution in [0.2, 0.25) is 0 Å². The standard InChI is InChI=1S/C15H22BrN/c1-2-11-17-15(13-6-7-13)10-5-12-3-8-14(16)9-4-12/h3-4,8-9,13,15,17H,2,5-7,10-11H2,1H3. The zero-order valence-electron chi connectivity index (χ0n) is 10.6. The van der Waals surface area contributed by atoms with Crippen LogP contribution in [0.4, 0.5) is 0 Å². The fraction of sp³-hybridized carbons (Fsp3) is 0.600. The van der Waals surface area contributed by atoms with Crippen LogP contribution < -0.4 is 5.32 Å². The van der Waals surface area contributed by atoms with E-state index in [0.29, 0.717) is 0 Å². The lowest BCUT2D eigenvalue weighted by Crippen LogP contribution is -2.32. The summed E-state index contributed by atoms with van der Waals surface area (Å²) in [6.07, 6.45) is 6.59. The lowest BCUT2D eigenvalue weighted by atomic mass is 10.0. The van der Waals surface area contributed by atoms with E-state index in [1.165, 1.54) is 48.7 Å². The summed E-state index contributed by atoms with van der Waals surface area (Å²) in [4.78, 5) is 0. The van der Waals surface area contributed by atoms with Gasteiger partial charge in [-0.25, -0.2) is 0 Å². The van der Waals surface area contributed by atoms with Crippen molar-refractivity contribution in [3.8, 4) is 0 Å². The summed E-state index contributed by atoms with van der Waals surface area (Å²) in [5, 5.41) is 3.70. The first-order valence-electron chi connectivity index (χ1n) is 6.77. The molecule has 1 atom stereocenters. The fourth-order valence-corrected chi connectivity index (χ4v) is 2.57. The second-order valence-electron chi connectivity index (χ2n) is 5.06. The number of rotatable bonds is 7. The zero-order chi connectivity index (χ0) is 12.1. The molecular formula is C15H22BrN. The SMILES string of the molecule is CCCNC(CCc1ccc(Br)cc1)C1CC1. The molecule has 1 aliphatic carbocycles. The molecule has 1 fully saturated rings. The van der Waals surface area contributed by atoms with Crippen LogP contribution in [0, 0.1) is 5.92 Å². The molecule has 0 aromatic heterocycles. The maximum atomic E-state index is 3.70. The molecule has 1 aromatic rings. The Hall–Kier alpha value is -0.340. The van der Waals surface area contributed by atoms with Crippen molar-refractivity contribution in [3.63, 3.8) is 0 Å². The molecule has 1 aliphatic rings. The summed E-state index contributed by atoms with van der Waals surface area (Å²) in [6, 6.07) is 9.49. The summed E-state index contributed by atoms with van der Waals surface area (Å²) >= 11 is 3.48. The Bertz CT molecular complexity index is 329. The summed E-state index contributed by atoms with van der Waals surface area (Å²) < 4.78 is 1.17. The van der Waals surface area contributed by atoms with E-state index in [4.69, 9.17) is 0 Å². The molecule has 0 amide bonds. The highest BCUT2D eigenvalue weighted by atomic mass is 79.9. The first-order chi connectivity index (χ1) is 8.29. The molecule has 0 spiro atoms. The van der Waals surface area contributed by atoms with Crippen molar-refractivity contribution in [2.75, 3.05) is 6.54 Å². The van der Waals surface area contributed by atoms with Crippen molar-refractivity contribution in [2.24, 2.45) is 5.92 Å². The lowest BCUT2D eigenvalue weighted by Gasteiger charge is -2.17. The summed E-state index contributed by atoms with van der Waals surface area (Å²) in [5.41, 5.74) is 1.46. The Balaban J connectivity index is 1.80. The summed E-state index contributed by atoms with van der Waals surface area (Å²) in [5.74, 6) is 0.956. The van der Waals surface area contributed by atoms with E-state index in [-0.39, 0.29) is 0 Å². The van der Waals surface area contributed by atoms with Crippen LogP contribution in [0.25, 0.3) is 0 Å². The largest absolute Gasteiger partial charge is 0.314 e. The summed E-state index contributed by atoms with van der Waals surface area (Å²) in [6.45, 7) is 3.41. The molecule has 0 saturated heterocycles. The van der Waals surface area contributed by atoms with E-state index in [9.17, 15) is 0 Å². The number of hydrogen-bond donors (Lipinski definition) is 1. The van der Waals surface area contributed by atoms with Crippen molar-refractivity contribution in [3.05, 3.63) is 34.3 Å². The van der Waals surface area contributed by atoms with Gasteiger partial charge in [0.2, 0.25) is 0 Å². The molecule has 17 heavy (non-hydrogen) atoms. The van der Waals surface area contributed by atoms with Crippen molar-refractivity contribution >= 4 is 15.9 Å². The first kappa shape index (κ1) is 13.1. The predicted octanol–water partition coefficient (Wildman–Crippen LogP) is 4.16. The van der Waals surface area contributed by atoms with E-state index < -0.39 is 0 Å². The van der Waals surface area contributed by atoms with Gasteiger partial charge < -0.3 is 5.32 Å². The van der Waals surface area contributed by atoms with Gasteiger partial charge in [0.25, 0.3) is 0 Å². The molecule has 1 saturated carbocycles. The molecule has 2 heteroatoms. The molecule has 1 aromatic carbocycles. The van der Waals surface area contributed by atoms with E-state index in [1.54, 1.807) is 0 Å². The quantitative estimate of drug-likeness (QED) is 0.796. The van der Waals surface area contributed by atoms with E-state index in [1.807, 2.05) is 0 Å². The molecule has 2 rings (SSSR count). The van der Waals surface area contributed by atoms with Gasteiger partial charge in [-0.1, -0.05) is 35.0 Å². The molecule has 1 N–H and O–H groups in total. The van der Waals surface area contributed by atoms with Crippen LogP contribution >= 0.6 is 15.9 Å². The zero-order valence-corrected chi connectivity index (χ0v) is 12.2. The number of halogens is 1. The average Bonchev–Trinajstić information content (AvgIpc) is 3.16. The molecule has 1 unspecified atom stereocenters. The second kappa shape index (κ2) is 6.55. The highest BCUT2D eigenvalue weighted by Crippen LogP contribution is 2.34. The van der Waals surface area contributed by atoms with Gasteiger partial charge in [-0.05, 0) is 62.3 Å². The minimum atomic E-state index is 0.749. The van der Waals surface area contributed by atoms with Crippen LogP contribution in [-0.2, 0) is 6.42 Å². The molecular weight excluding hydrogens is 274 g/mol. The van der Waals surface area contributed by atoms with Gasteiger partial charge in [-0.2, -0.15) is 0 Å².